The van der Waals surface area contributed by atoms with Gasteiger partial charge in [0.15, 0.2) is 0 Å². The summed E-state index contributed by atoms with van der Waals surface area (Å²) in [7, 11) is 1.21. The maximum Gasteiger partial charge on any atom is 0.408 e. The fourth-order valence-corrected chi connectivity index (χ4v) is 6.76. The Morgan fingerprint density at radius 1 is 1.14 bits per heavy atom. The summed E-state index contributed by atoms with van der Waals surface area (Å²) in [5.74, 6) is -2.15. The number of methoxy groups -OCH3 is 1. The van der Waals surface area contributed by atoms with E-state index in [-0.39, 0.29) is 43.5 Å². The molecule has 5 rings (SSSR count). The number of hydrogen-bond donors (Lipinski definition) is 4. The van der Waals surface area contributed by atoms with Crippen LogP contribution >= 0.6 is 23.2 Å². The van der Waals surface area contributed by atoms with Crippen LogP contribution in [0.5, 0.6) is 0 Å². The number of hydrogen-bond acceptors (Lipinski definition) is 9. The minimum atomic E-state index is -1.46. The van der Waals surface area contributed by atoms with Crippen molar-refractivity contribution in [1.29, 1.82) is 0 Å². The van der Waals surface area contributed by atoms with Gasteiger partial charge in [0.2, 0.25) is 17.7 Å². The first kappa shape index (κ1) is 37.6. The third-order valence-electron chi connectivity index (χ3n) is 9.65. The Morgan fingerprint density at radius 2 is 1.88 bits per heavy atom. The monoisotopic (exact) mass is 740 g/mol. The van der Waals surface area contributed by atoms with Crippen LogP contribution in [-0.4, -0.2) is 63.2 Å². The minimum absolute atomic E-state index is 0.0269. The van der Waals surface area contributed by atoms with Crippen molar-refractivity contribution < 1.29 is 33.2 Å². The number of aryl methyl sites for hydroxylation is 1. The van der Waals surface area contributed by atoms with E-state index in [4.69, 9.17) is 32.5 Å². The summed E-state index contributed by atoms with van der Waals surface area (Å²) in [6.07, 6.45) is 1.08. The lowest BCUT2D eigenvalue weighted by Gasteiger charge is -2.41. The molecular weight excluding hydrogens is 699 g/mol. The maximum atomic E-state index is 14.7. The summed E-state index contributed by atoms with van der Waals surface area (Å²) in [6.45, 7) is 7.48. The molecular formula is C36H42Cl2N6O7. The number of rotatable bonds is 13. The summed E-state index contributed by atoms with van der Waals surface area (Å²) in [6, 6.07) is 11.6. The Labute approximate surface area is 305 Å². The van der Waals surface area contributed by atoms with E-state index in [2.05, 4.69) is 35.8 Å². The average Bonchev–Trinajstić information content (AvgIpc) is 3.73. The van der Waals surface area contributed by atoms with Gasteiger partial charge in [-0.05, 0) is 60.5 Å². The van der Waals surface area contributed by atoms with E-state index in [1.54, 1.807) is 12.1 Å². The number of aromatic amines is 1. The second-order valence-electron chi connectivity index (χ2n) is 13.3. The summed E-state index contributed by atoms with van der Waals surface area (Å²) in [5.41, 5.74) is 0.766. The number of nitrogens with one attached hydrogen (secondary N) is 4. The summed E-state index contributed by atoms with van der Waals surface area (Å²) < 4.78 is 15.4. The summed E-state index contributed by atoms with van der Waals surface area (Å²) >= 11 is 13.0. The fourth-order valence-electron chi connectivity index (χ4n) is 6.22. The SMILES string of the molecule is CCC(C)[C@H](NC(=O)OCc1ccccc1)C(=O)N[C@@]1(C(=O)N[C@@](C)(CC)Cc2nc(C(=O)OC)no2)CCc2[nH]c3c(Cl)cc(Cl)cc3c2C1. The molecule has 1 unspecified atom stereocenters. The smallest absolute Gasteiger partial charge is 0.408 e. The van der Waals surface area contributed by atoms with Crippen LogP contribution in [0.25, 0.3) is 10.9 Å². The van der Waals surface area contributed by atoms with Gasteiger partial charge in [-0.2, -0.15) is 4.98 Å². The molecule has 3 amide bonds. The van der Waals surface area contributed by atoms with Crippen LogP contribution in [0.1, 0.15) is 80.3 Å². The number of ether oxygens (including phenoxy) is 2. The second-order valence-corrected chi connectivity index (χ2v) is 14.1. The highest BCUT2D eigenvalue weighted by atomic mass is 35.5. The number of alkyl carbamates (subject to hydrolysis) is 1. The third-order valence-corrected chi connectivity index (χ3v) is 10.2. The van der Waals surface area contributed by atoms with Crippen LogP contribution in [0.4, 0.5) is 4.79 Å². The van der Waals surface area contributed by atoms with E-state index in [1.807, 2.05) is 58.0 Å². The molecule has 15 heteroatoms. The van der Waals surface area contributed by atoms with Gasteiger partial charge in [-0.1, -0.05) is 80.7 Å². The topological polar surface area (TPSA) is 178 Å². The van der Waals surface area contributed by atoms with E-state index in [1.165, 1.54) is 7.11 Å². The van der Waals surface area contributed by atoms with Gasteiger partial charge in [0.25, 0.3) is 5.82 Å². The molecule has 0 saturated heterocycles. The van der Waals surface area contributed by atoms with Crippen molar-refractivity contribution in [2.24, 2.45) is 5.92 Å². The molecule has 4 N–H and O–H groups in total. The van der Waals surface area contributed by atoms with Crippen molar-refractivity contribution in [1.82, 2.24) is 31.1 Å². The third kappa shape index (κ3) is 8.48. The Morgan fingerprint density at radius 3 is 2.57 bits per heavy atom. The van der Waals surface area contributed by atoms with Crippen LogP contribution in [0.3, 0.4) is 0 Å². The Kier molecular flexibility index (Phi) is 11.6. The molecule has 2 aromatic heterocycles. The fraction of sp³-hybridized carbons (Fsp3) is 0.444. The molecule has 0 bridgehead atoms. The Bertz CT molecular complexity index is 1910. The van der Waals surface area contributed by atoms with Gasteiger partial charge in [0.05, 0.1) is 17.6 Å². The van der Waals surface area contributed by atoms with Crippen LogP contribution in [0, 0.1) is 5.92 Å². The van der Waals surface area contributed by atoms with E-state index < -0.39 is 41.0 Å². The molecule has 272 valence electrons. The number of amides is 3. The van der Waals surface area contributed by atoms with E-state index in [9.17, 15) is 19.2 Å². The molecule has 4 aromatic rings. The number of fused-ring (bicyclic) bond motifs is 3. The first-order chi connectivity index (χ1) is 24.3. The highest BCUT2D eigenvalue weighted by Gasteiger charge is 2.47. The van der Waals surface area contributed by atoms with E-state index in [0.29, 0.717) is 34.8 Å². The molecule has 13 nitrogen and oxygen atoms in total. The van der Waals surface area contributed by atoms with Crippen molar-refractivity contribution in [3.63, 3.8) is 0 Å². The predicted molar refractivity (Wildman–Crippen MR) is 190 cm³/mol. The normalized spacial score (nSPS) is 17.8. The van der Waals surface area contributed by atoms with Crippen LogP contribution < -0.4 is 16.0 Å². The van der Waals surface area contributed by atoms with Crippen molar-refractivity contribution in [3.8, 4) is 0 Å². The number of carbonyl (C=O) groups excluding carboxylic acids is 4. The van der Waals surface area contributed by atoms with Gasteiger partial charge in [-0.3, -0.25) is 9.59 Å². The maximum absolute atomic E-state index is 14.7. The molecule has 0 saturated carbocycles. The summed E-state index contributed by atoms with van der Waals surface area (Å²) in [5, 5.41) is 14.3. The standard InChI is InChI=1S/C36H42Cl2N6O7/c1-6-20(3)28(41-34(48)50-19-21-11-9-8-10-12-21)31(45)42-36(14-13-26-24(17-36)23-15-22(37)16-25(38)29(23)39-26)33(47)43-35(4,7-2)18-27-40-30(44-51-27)32(46)49-5/h8-12,15-16,20,28,39H,6-7,13-14,17-19H2,1-5H3,(H,41,48)(H,42,45)(H,43,47)/t20?,28-,35-,36-/m0/s1. The second kappa shape index (κ2) is 15.7. The highest BCUT2D eigenvalue weighted by Crippen LogP contribution is 2.38. The van der Waals surface area contributed by atoms with Crippen LogP contribution in [0.2, 0.25) is 10.0 Å². The molecule has 0 spiro atoms. The Balaban J connectivity index is 1.45. The van der Waals surface area contributed by atoms with Crippen LogP contribution in [0.15, 0.2) is 47.0 Å². The molecule has 2 aromatic carbocycles. The number of nitrogens with zero attached hydrogens (tertiary/aromatic N) is 2. The van der Waals surface area contributed by atoms with Gasteiger partial charge in [-0.15, -0.1) is 0 Å². The lowest BCUT2D eigenvalue weighted by Crippen LogP contribution is -2.67. The van der Waals surface area contributed by atoms with Gasteiger partial charge >= 0.3 is 12.1 Å². The quantitative estimate of drug-likeness (QED) is 0.122. The minimum Gasteiger partial charge on any atom is -0.463 e. The Hall–Kier alpha value is -4.62. The largest absolute Gasteiger partial charge is 0.463 e. The first-order valence-electron chi connectivity index (χ1n) is 16.8. The molecule has 4 atom stereocenters. The molecule has 0 radical (unpaired) electrons. The number of aromatic nitrogens is 3. The number of carbonyl (C=O) groups is 4. The predicted octanol–water partition coefficient (Wildman–Crippen LogP) is 5.86. The number of esters is 1. The first-order valence-corrected chi connectivity index (χ1v) is 17.6. The number of halogens is 2. The zero-order valence-corrected chi connectivity index (χ0v) is 30.7. The van der Waals surface area contributed by atoms with Crippen molar-refractivity contribution in [2.75, 3.05) is 7.11 Å². The van der Waals surface area contributed by atoms with Gasteiger partial charge < -0.3 is 34.9 Å². The van der Waals surface area contributed by atoms with Gasteiger partial charge in [-0.25, -0.2) is 9.59 Å². The number of benzene rings is 2. The molecule has 51 heavy (non-hydrogen) atoms. The van der Waals surface area contributed by atoms with Gasteiger partial charge in [0, 0.05) is 34.5 Å². The van der Waals surface area contributed by atoms with Crippen molar-refractivity contribution in [3.05, 3.63) is 81.0 Å². The zero-order chi connectivity index (χ0) is 36.9. The molecule has 1 aliphatic carbocycles. The summed E-state index contributed by atoms with van der Waals surface area (Å²) in [4.78, 5) is 61.4. The molecule has 2 heterocycles. The van der Waals surface area contributed by atoms with Gasteiger partial charge in [0.1, 0.15) is 18.2 Å². The lowest BCUT2D eigenvalue weighted by molar-refractivity contribution is -0.137. The molecule has 1 aliphatic rings. The van der Waals surface area contributed by atoms with E-state index in [0.717, 1.165) is 22.2 Å². The lowest BCUT2D eigenvalue weighted by atomic mass is 9.77. The molecule has 0 fully saturated rings. The highest BCUT2D eigenvalue weighted by molar-refractivity contribution is 6.38. The number of H-pyrrole nitrogens is 1. The van der Waals surface area contributed by atoms with Crippen molar-refractivity contribution >= 4 is 58.0 Å². The van der Waals surface area contributed by atoms with E-state index >= 15 is 0 Å². The zero-order valence-electron chi connectivity index (χ0n) is 29.2. The van der Waals surface area contributed by atoms with Crippen LogP contribution in [-0.2, 0) is 44.9 Å². The average molecular weight is 742 g/mol. The molecule has 0 aliphatic heterocycles. The van der Waals surface area contributed by atoms with Crippen molar-refractivity contribution in [2.45, 2.75) is 89.9 Å².